The van der Waals surface area contributed by atoms with Crippen LogP contribution in [0.1, 0.15) is 23.7 Å². The summed E-state index contributed by atoms with van der Waals surface area (Å²) in [4.78, 5) is 16.0. The summed E-state index contributed by atoms with van der Waals surface area (Å²) in [5.41, 5.74) is 2.41. The summed E-state index contributed by atoms with van der Waals surface area (Å²) in [5.74, 6) is 6.87. The highest BCUT2D eigenvalue weighted by atomic mass is 32.2. The molecule has 11 heteroatoms. The Morgan fingerprint density at radius 1 is 1.03 bits per heavy atom. The monoisotopic (exact) mass is 482 g/mol. The van der Waals surface area contributed by atoms with Crippen LogP contribution in [0.5, 0.6) is 23.3 Å². The average molecular weight is 483 g/mol. The predicted octanol–water partition coefficient (Wildman–Crippen LogP) is 2.72. The van der Waals surface area contributed by atoms with E-state index < -0.39 is 16.1 Å². The maximum atomic E-state index is 12.3. The van der Waals surface area contributed by atoms with Crippen LogP contribution in [-0.2, 0) is 21.4 Å². The van der Waals surface area contributed by atoms with Crippen molar-refractivity contribution < 1.29 is 27.4 Å². The number of hydrazine groups is 1. The molecule has 0 unspecified atom stereocenters. The summed E-state index contributed by atoms with van der Waals surface area (Å²) in [7, 11) is -2.50. The molecule has 1 fully saturated rings. The number of ether oxygens (including phenoxy) is 3. The van der Waals surface area contributed by atoms with Crippen LogP contribution < -0.4 is 24.4 Å². The molecule has 2 heterocycles. The van der Waals surface area contributed by atoms with Gasteiger partial charge in [0.05, 0.1) is 12.8 Å². The molecule has 1 aliphatic carbocycles. The number of anilines is 1. The Morgan fingerprint density at radius 3 is 2.47 bits per heavy atom. The second-order valence-corrected chi connectivity index (χ2v) is 9.52. The number of pyridine rings is 1. The van der Waals surface area contributed by atoms with Gasteiger partial charge < -0.3 is 14.2 Å². The van der Waals surface area contributed by atoms with Crippen LogP contribution in [-0.4, -0.2) is 37.4 Å². The van der Waals surface area contributed by atoms with E-state index in [1.165, 1.54) is 0 Å². The fourth-order valence-electron chi connectivity index (χ4n) is 4.07. The van der Waals surface area contributed by atoms with Crippen molar-refractivity contribution >= 4 is 21.8 Å². The van der Waals surface area contributed by atoms with Gasteiger partial charge >= 0.3 is 10.2 Å². The predicted molar refractivity (Wildman–Crippen MR) is 123 cm³/mol. The summed E-state index contributed by atoms with van der Waals surface area (Å²) in [6.07, 6.45) is 1.36. The minimum Gasteiger partial charge on any atom is -0.486 e. The summed E-state index contributed by atoms with van der Waals surface area (Å²) >= 11 is 0. The Balaban J connectivity index is 1.32. The zero-order valence-electron chi connectivity index (χ0n) is 18.2. The molecule has 2 aliphatic rings. The van der Waals surface area contributed by atoms with Crippen molar-refractivity contribution in [3.05, 3.63) is 71.8 Å². The number of hydrogen-bond donors (Lipinski definition) is 1. The van der Waals surface area contributed by atoms with Gasteiger partial charge in [-0.05, 0) is 48.7 Å². The third-order valence-electron chi connectivity index (χ3n) is 5.75. The number of rotatable bonds is 6. The highest BCUT2D eigenvalue weighted by molar-refractivity contribution is 7.91. The Hall–Kier alpha value is -3.83. The third-order valence-corrected chi connectivity index (χ3v) is 7.35. The van der Waals surface area contributed by atoms with Gasteiger partial charge in [-0.15, -0.1) is 0 Å². The molecule has 0 bridgehead atoms. The van der Waals surface area contributed by atoms with Gasteiger partial charge in [0.2, 0.25) is 11.8 Å². The summed E-state index contributed by atoms with van der Waals surface area (Å²) in [6.45, 7) is -0.333. The average Bonchev–Trinajstić information content (AvgIpc) is 3.34. The number of carbonyl (C=O) groups excluding carboxylic acids is 1. The summed E-state index contributed by atoms with van der Waals surface area (Å²) in [6, 6.07) is 17.7. The molecule has 1 aliphatic heterocycles. The van der Waals surface area contributed by atoms with Crippen molar-refractivity contribution in [2.45, 2.75) is 18.9 Å². The fraction of sp³-hybridized carbons (Fsp3) is 0.217. The molecular formula is C23H22N4O6S. The van der Waals surface area contributed by atoms with E-state index in [0.29, 0.717) is 23.2 Å². The lowest BCUT2D eigenvalue weighted by atomic mass is 10.1. The molecule has 10 nitrogen and oxygen atoms in total. The standard InChI is InChI=1S/C23H22N4O6S/c1-31-21-6-3-7-22(25-21)33-19-5-2-4-17-18(19)12-13-20(17)32-16-10-8-15(9-11-16)26-14-23(28)27(24)34(26,29)30/h2-11,20H,12-14,24H2,1H3/t20-/m1/s1. The smallest absolute Gasteiger partial charge is 0.342 e. The van der Waals surface area contributed by atoms with Gasteiger partial charge in [-0.2, -0.15) is 17.8 Å². The van der Waals surface area contributed by atoms with E-state index in [2.05, 4.69) is 4.98 Å². The van der Waals surface area contributed by atoms with Gasteiger partial charge in [-0.1, -0.05) is 18.2 Å². The van der Waals surface area contributed by atoms with E-state index in [1.807, 2.05) is 24.3 Å². The Labute approximate surface area is 196 Å². The third kappa shape index (κ3) is 3.88. The van der Waals surface area contributed by atoms with Crippen LogP contribution in [0.25, 0.3) is 0 Å². The number of benzene rings is 2. The van der Waals surface area contributed by atoms with Gasteiger partial charge in [0.25, 0.3) is 5.91 Å². The van der Waals surface area contributed by atoms with Crippen molar-refractivity contribution in [3.63, 3.8) is 0 Å². The zero-order chi connectivity index (χ0) is 23.9. The Bertz CT molecular complexity index is 1350. The minimum absolute atomic E-state index is 0.181. The van der Waals surface area contributed by atoms with Crippen LogP contribution in [0, 0.1) is 0 Å². The van der Waals surface area contributed by atoms with E-state index in [0.717, 1.165) is 34.0 Å². The first-order chi connectivity index (χ1) is 16.4. The molecule has 2 aromatic carbocycles. The maximum absolute atomic E-state index is 12.3. The SMILES string of the molecule is COc1cccc(Oc2cccc3c2CC[C@H]3Oc2ccc(N3CC(=O)N(N)S3(=O)=O)cc2)n1. The molecule has 1 aromatic heterocycles. The fourth-order valence-corrected chi connectivity index (χ4v) is 5.26. The highest BCUT2D eigenvalue weighted by Crippen LogP contribution is 2.41. The van der Waals surface area contributed by atoms with Gasteiger partial charge in [0.1, 0.15) is 24.1 Å². The molecule has 0 radical (unpaired) electrons. The van der Waals surface area contributed by atoms with Crippen LogP contribution >= 0.6 is 0 Å². The number of hydrogen-bond acceptors (Lipinski definition) is 8. The van der Waals surface area contributed by atoms with E-state index in [-0.39, 0.29) is 17.1 Å². The molecule has 1 saturated heterocycles. The lowest BCUT2D eigenvalue weighted by molar-refractivity contribution is -0.124. The molecular weight excluding hydrogens is 460 g/mol. The van der Waals surface area contributed by atoms with Gasteiger partial charge in [0.15, 0.2) is 0 Å². The lowest BCUT2D eigenvalue weighted by Gasteiger charge is -2.19. The van der Waals surface area contributed by atoms with E-state index >= 15 is 0 Å². The van der Waals surface area contributed by atoms with Gasteiger partial charge in [0, 0.05) is 17.7 Å². The van der Waals surface area contributed by atoms with Crippen LogP contribution in [0.4, 0.5) is 5.69 Å². The van der Waals surface area contributed by atoms with E-state index in [1.54, 1.807) is 43.5 Å². The van der Waals surface area contributed by atoms with Gasteiger partial charge in [-0.25, -0.2) is 10.1 Å². The molecule has 3 aromatic rings. The molecule has 34 heavy (non-hydrogen) atoms. The zero-order valence-corrected chi connectivity index (χ0v) is 19.1. The molecule has 0 spiro atoms. The number of nitrogens with zero attached hydrogens (tertiary/aromatic N) is 3. The largest absolute Gasteiger partial charge is 0.486 e. The van der Waals surface area contributed by atoms with E-state index in [9.17, 15) is 13.2 Å². The number of fused-ring (bicyclic) bond motifs is 1. The molecule has 0 saturated carbocycles. The number of aromatic nitrogens is 1. The van der Waals surface area contributed by atoms with E-state index in [4.69, 9.17) is 20.1 Å². The van der Waals surface area contributed by atoms with Crippen molar-refractivity contribution in [1.29, 1.82) is 0 Å². The van der Waals surface area contributed by atoms with Gasteiger partial charge in [-0.3, -0.25) is 4.79 Å². The number of nitrogens with two attached hydrogens (primary N) is 1. The van der Waals surface area contributed by atoms with Crippen LogP contribution in [0.15, 0.2) is 60.7 Å². The first kappa shape index (κ1) is 22.0. The van der Waals surface area contributed by atoms with Crippen LogP contribution in [0.2, 0.25) is 0 Å². The second-order valence-electron chi connectivity index (χ2n) is 7.79. The maximum Gasteiger partial charge on any atom is 0.342 e. The second kappa shape index (κ2) is 8.50. The summed E-state index contributed by atoms with van der Waals surface area (Å²) < 4.78 is 43.1. The Morgan fingerprint density at radius 2 is 1.76 bits per heavy atom. The lowest BCUT2D eigenvalue weighted by Crippen LogP contribution is -2.39. The molecule has 176 valence electrons. The highest BCUT2D eigenvalue weighted by Gasteiger charge is 2.41. The minimum atomic E-state index is -4.05. The quantitative estimate of drug-likeness (QED) is 0.420. The van der Waals surface area contributed by atoms with Crippen molar-refractivity contribution in [2.24, 2.45) is 5.84 Å². The number of carbonyl (C=O) groups is 1. The number of amides is 1. The molecule has 1 atom stereocenters. The first-order valence-electron chi connectivity index (χ1n) is 10.5. The molecule has 2 N–H and O–H groups in total. The van der Waals surface area contributed by atoms with Crippen LogP contribution in [0.3, 0.4) is 0 Å². The summed E-state index contributed by atoms with van der Waals surface area (Å²) in [5, 5.41) is 0. The van der Waals surface area contributed by atoms with Crippen molar-refractivity contribution in [2.75, 3.05) is 18.0 Å². The molecule has 5 rings (SSSR count). The van der Waals surface area contributed by atoms with Crippen molar-refractivity contribution in [1.82, 2.24) is 9.40 Å². The Kier molecular flexibility index (Phi) is 5.50. The van der Waals surface area contributed by atoms with Crippen molar-refractivity contribution in [3.8, 4) is 23.3 Å². The molecule has 1 amide bonds. The number of methoxy groups -OCH3 is 1. The normalized spacial score (nSPS) is 18.6. The first-order valence-corrected chi connectivity index (χ1v) is 11.9. The topological polar surface area (TPSA) is 124 Å².